The SMILES string of the molecule is C[C](C)C.C[C](C)C.[Cl-].[Cl-].[Sn+2]. The first kappa shape index (κ1) is 29.4. The summed E-state index contributed by atoms with van der Waals surface area (Å²) in [7, 11) is 0. The average molecular weight is 304 g/mol. The molecular weight excluding hydrogens is 286 g/mol. The van der Waals surface area contributed by atoms with Crippen molar-refractivity contribution in [1.82, 2.24) is 0 Å². The quantitative estimate of drug-likeness (QED) is 0.415. The molecule has 0 saturated heterocycles. The van der Waals surface area contributed by atoms with Crippen LogP contribution in [0.25, 0.3) is 0 Å². The van der Waals surface area contributed by atoms with E-state index in [0.29, 0.717) is 0 Å². The van der Waals surface area contributed by atoms with Crippen LogP contribution >= 0.6 is 0 Å². The predicted octanol–water partition coefficient (Wildman–Crippen LogP) is -3.13. The second kappa shape index (κ2) is 22.5. The number of rotatable bonds is 0. The molecule has 0 nitrogen and oxygen atoms in total. The van der Waals surface area contributed by atoms with Crippen molar-refractivity contribution in [1.29, 1.82) is 0 Å². The Morgan fingerprint density at radius 1 is 0.545 bits per heavy atom. The summed E-state index contributed by atoms with van der Waals surface area (Å²) >= 11 is 0. The van der Waals surface area contributed by atoms with Crippen LogP contribution in [0.4, 0.5) is 0 Å². The van der Waals surface area contributed by atoms with Crippen LogP contribution in [-0.4, -0.2) is 23.9 Å². The fourth-order valence-corrected chi connectivity index (χ4v) is 0. The van der Waals surface area contributed by atoms with E-state index in [4.69, 9.17) is 0 Å². The van der Waals surface area contributed by atoms with Crippen LogP contribution in [0.15, 0.2) is 0 Å². The van der Waals surface area contributed by atoms with Crippen molar-refractivity contribution in [2.24, 2.45) is 0 Å². The predicted molar refractivity (Wildman–Crippen MR) is 46.3 cm³/mol. The molecule has 0 aromatic carbocycles. The molecule has 11 heavy (non-hydrogen) atoms. The van der Waals surface area contributed by atoms with Gasteiger partial charge in [0.25, 0.3) is 0 Å². The summed E-state index contributed by atoms with van der Waals surface area (Å²) in [6.45, 7) is 12.5. The summed E-state index contributed by atoms with van der Waals surface area (Å²) in [6.07, 6.45) is 0. The van der Waals surface area contributed by atoms with Gasteiger partial charge < -0.3 is 24.8 Å². The molecule has 0 aromatic heterocycles. The third-order valence-corrected chi connectivity index (χ3v) is 0. The summed E-state index contributed by atoms with van der Waals surface area (Å²) in [6, 6.07) is 0. The summed E-state index contributed by atoms with van der Waals surface area (Å²) in [5.74, 6) is 2.83. The van der Waals surface area contributed by atoms with Gasteiger partial charge in [0.15, 0.2) is 0 Å². The van der Waals surface area contributed by atoms with Gasteiger partial charge in [-0.15, -0.1) is 0 Å². The van der Waals surface area contributed by atoms with E-state index < -0.39 is 0 Å². The maximum Gasteiger partial charge on any atom is 2.00 e. The third kappa shape index (κ3) is 527. The van der Waals surface area contributed by atoms with Gasteiger partial charge in [-0.05, 0) is 11.8 Å². The first-order chi connectivity index (χ1) is 3.46. The largest absolute Gasteiger partial charge is 2.00 e. The minimum absolute atomic E-state index is 0. The van der Waals surface area contributed by atoms with Crippen LogP contribution < -0.4 is 24.8 Å². The molecule has 0 spiro atoms. The standard InChI is InChI=1S/2C4H9.2ClH.Sn/c2*1-4(2)3;;;/h2*1-3H3;2*1H;/q;;;;+2/p-2. The molecule has 0 aromatic rings. The Bertz CT molecular complexity index is 27.6. The van der Waals surface area contributed by atoms with Crippen LogP contribution in [0, 0.1) is 11.8 Å². The van der Waals surface area contributed by atoms with E-state index in [1.807, 2.05) is 0 Å². The van der Waals surface area contributed by atoms with Crippen molar-refractivity contribution in [3.8, 4) is 0 Å². The van der Waals surface area contributed by atoms with Gasteiger partial charge in [0.2, 0.25) is 0 Å². The molecule has 0 bridgehead atoms. The Labute approximate surface area is 102 Å². The zero-order valence-corrected chi connectivity index (χ0v) is 12.6. The summed E-state index contributed by atoms with van der Waals surface area (Å²) in [5.41, 5.74) is 0. The smallest absolute Gasteiger partial charge is 1.00 e. The molecule has 68 valence electrons. The van der Waals surface area contributed by atoms with Gasteiger partial charge in [-0.1, -0.05) is 41.5 Å². The summed E-state index contributed by atoms with van der Waals surface area (Å²) < 4.78 is 0. The molecule has 0 amide bonds. The molecule has 0 aliphatic rings. The van der Waals surface area contributed by atoms with Crippen LogP contribution in [-0.2, 0) is 0 Å². The molecule has 0 saturated carbocycles. The molecule has 0 fully saturated rings. The van der Waals surface area contributed by atoms with E-state index in [1.165, 1.54) is 11.8 Å². The molecule has 0 aliphatic heterocycles. The third-order valence-electron chi connectivity index (χ3n) is 0. The normalized spacial score (nSPS) is 6.55. The first-order valence-electron chi connectivity index (χ1n) is 3.00. The van der Waals surface area contributed by atoms with Crippen LogP contribution in [0.3, 0.4) is 0 Å². The summed E-state index contributed by atoms with van der Waals surface area (Å²) in [4.78, 5) is 0. The van der Waals surface area contributed by atoms with Crippen molar-refractivity contribution >= 4 is 23.9 Å². The van der Waals surface area contributed by atoms with Crippen LogP contribution in [0.1, 0.15) is 41.5 Å². The van der Waals surface area contributed by atoms with Crippen LogP contribution in [0.5, 0.6) is 0 Å². The zero-order chi connectivity index (χ0) is 7.15. The topological polar surface area (TPSA) is 0 Å². The second-order valence-electron chi connectivity index (χ2n) is 3.00. The molecular formula is C8H18Cl2Sn. The van der Waals surface area contributed by atoms with Gasteiger partial charge in [-0.25, -0.2) is 0 Å². The Morgan fingerprint density at radius 3 is 0.545 bits per heavy atom. The van der Waals surface area contributed by atoms with Gasteiger partial charge in [0, 0.05) is 0 Å². The van der Waals surface area contributed by atoms with E-state index >= 15 is 0 Å². The Balaban J connectivity index is -0.0000000171. The number of hydrogen-bond acceptors (Lipinski definition) is 0. The molecule has 0 heterocycles. The monoisotopic (exact) mass is 304 g/mol. The molecule has 0 rings (SSSR count). The van der Waals surface area contributed by atoms with E-state index in [-0.39, 0.29) is 48.7 Å². The van der Waals surface area contributed by atoms with Crippen molar-refractivity contribution in [2.75, 3.05) is 0 Å². The molecule has 4 radical (unpaired) electrons. The van der Waals surface area contributed by atoms with Crippen LogP contribution in [0.2, 0.25) is 0 Å². The van der Waals surface area contributed by atoms with Crippen molar-refractivity contribution < 1.29 is 24.8 Å². The number of halogens is 2. The van der Waals surface area contributed by atoms with Gasteiger partial charge >= 0.3 is 23.9 Å². The second-order valence-corrected chi connectivity index (χ2v) is 3.00. The van der Waals surface area contributed by atoms with Crippen molar-refractivity contribution in [2.45, 2.75) is 41.5 Å². The summed E-state index contributed by atoms with van der Waals surface area (Å²) in [5, 5.41) is 0. The average Bonchev–Trinajstić information content (AvgIpc) is 1.25. The maximum absolute atomic E-state index is 2.08. The number of hydrogen-bond donors (Lipinski definition) is 0. The zero-order valence-electron chi connectivity index (χ0n) is 8.26. The van der Waals surface area contributed by atoms with Crippen molar-refractivity contribution in [3.05, 3.63) is 11.8 Å². The molecule has 0 aliphatic carbocycles. The fourth-order valence-electron chi connectivity index (χ4n) is 0. The Kier molecular flexibility index (Phi) is 60.2. The molecule has 0 unspecified atom stereocenters. The Morgan fingerprint density at radius 2 is 0.545 bits per heavy atom. The molecule has 0 atom stereocenters. The van der Waals surface area contributed by atoms with Gasteiger partial charge in [-0.2, -0.15) is 0 Å². The van der Waals surface area contributed by atoms with Crippen molar-refractivity contribution in [3.63, 3.8) is 0 Å². The van der Waals surface area contributed by atoms with E-state index in [9.17, 15) is 0 Å². The van der Waals surface area contributed by atoms with E-state index in [0.717, 1.165) is 0 Å². The van der Waals surface area contributed by atoms with E-state index in [2.05, 4.69) is 41.5 Å². The molecule has 3 heteroatoms. The van der Waals surface area contributed by atoms with Gasteiger partial charge in [-0.3, -0.25) is 0 Å². The minimum atomic E-state index is 0. The van der Waals surface area contributed by atoms with Gasteiger partial charge in [0.1, 0.15) is 0 Å². The first-order valence-corrected chi connectivity index (χ1v) is 3.00. The molecule has 0 N–H and O–H groups in total. The Hall–Kier alpha value is 1.38. The van der Waals surface area contributed by atoms with E-state index in [1.54, 1.807) is 0 Å². The fraction of sp³-hybridized carbons (Fsp3) is 0.750. The minimum Gasteiger partial charge on any atom is -1.00 e. The maximum atomic E-state index is 2.08. The van der Waals surface area contributed by atoms with Gasteiger partial charge in [0.05, 0.1) is 0 Å².